The Morgan fingerprint density at radius 2 is 1.46 bits per heavy atom. The number of methoxy groups -OCH3 is 4. The van der Waals surface area contributed by atoms with E-state index in [9.17, 15) is 14.7 Å². The lowest BCUT2D eigenvalue weighted by atomic mass is 9.97. The van der Waals surface area contributed by atoms with Gasteiger partial charge in [-0.05, 0) is 49.5 Å². The van der Waals surface area contributed by atoms with Gasteiger partial charge in [-0.15, -0.1) is 0 Å². The van der Waals surface area contributed by atoms with E-state index in [4.69, 9.17) is 18.9 Å². The number of carboxylic acids is 1. The minimum absolute atomic E-state index is 0.142. The van der Waals surface area contributed by atoms with Crippen LogP contribution in [0.25, 0.3) is 17.2 Å². The minimum Gasteiger partial charge on any atom is -0.496 e. The van der Waals surface area contributed by atoms with Crippen molar-refractivity contribution in [3.63, 3.8) is 0 Å². The lowest BCUT2D eigenvalue weighted by Crippen LogP contribution is -2.44. The van der Waals surface area contributed by atoms with Gasteiger partial charge >= 0.3 is 5.97 Å². The first-order valence-electron chi connectivity index (χ1n) is 13.1. The van der Waals surface area contributed by atoms with Gasteiger partial charge in [-0.2, -0.15) is 0 Å². The van der Waals surface area contributed by atoms with Gasteiger partial charge in [-0.1, -0.05) is 0 Å². The number of anilines is 2. The molecule has 1 heterocycles. The number of rotatable bonds is 10. The molecule has 0 saturated carbocycles. The maximum atomic E-state index is 12.9. The Morgan fingerprint density at radius 3 is 2.05 bits per heavy atom. The average Bonchev–Trinajstić information content (AvgIpc) is 2.99. The second-order valence-corrected chi connectivity index (χ2v) is 9.51. The molecule has 1 aliphatic heterocycles. The van der Waals surface area contributed by atoms with E-state index in [1.54, 1.807) is 49.6 Å². The van der Waals surface area contributed by atoms with Crippen LogP contribution in [0.4, 0.5) is 11.4 Å². The van der Waals surface area contributed by atoms with Gasteiger partial charge in [0.1, 0.15) is 23.0 Å². The van der Waals surface area contributed by atoms with Crippen LogP contribution in [0.3, 0.4) is 0 Å². The molecule has 216 valence electrons. The van der Waals surface area contributed by atoms with Gasteiger partial charge < -0.3 is 39.2 Å². The highest BCUT2D eigenvalue weighted by atomic mass is 16.5. The normalized spacial score (nSPS) is 13.6. The summed E-state index contributed by atoms with van der Waals surface area (Å²) in [4.78, 5) is 29.6. The standard InChI is InChI=1S/C31H35N3O7/c1-33-12-14-34(15-13-33)21-7-8-23(31(36)37)25(17-21)26-16-20(6-10-27(26)39-3)32-30(35)11-9-24-28(40-4)18-22(38-2)19-29(24)41-5/h6-11,16-19H,12-15H2,1-5H3,(H,32,35)(H,36,37)/b11-9+. The molecule has 1 amide bonds. The minimum atomic E-state index is -1.05. The largest absolute Gasteiger partial charge is 0.496 e. The number of benzene rings is 3. The van der Waals surface area contributed by atoms with Crippen LogP contribution in [0, 0.1) is 0 Å². The molecule has 0 radical (unpaired) electrons. The SMILES string of the molecule is COc1cc(OC)c(/C=C/C(=O)Nc2ccc(OC)c(-c3cc(N4CCN(C)CC4)ccc3C(=O)O)c2)c(OC)c1. The van der Waals surface area contributed by atoms with E-state index in [1.165, 1.54) is 27.4 Å². The van der Waals surface area contributed by atoms with Crippen LogP contribution in [-0.2, 0) is 4.79 Å². The van der Waals surface area contributed by atoms with Crippen molar-refractivity contribution in [2.75, 3.05) is 71.9 Å². The molecule has 3 aromatic rings. The molecule has 10 nitrogen and oxygen atoms in total. The van der Waals surface area contributed by atoms with Crippen molar-refractivity contribution in [3.05, 3.63) is 65.7 Å². The molecular weight excluding hydrogens is 526 g/mol. The van der Waals surface area contributed by atoms with Gasteiger partial charge in [-0.25, -0.2) is 4.79 Å². The summed E-state index contributed by atoms with van der Waals surface area (Å²) >= 11 is 0. The summed E-state index contributed by atoms with van der Waals surface area (Å²) in [5.41, 5.74) is 3.19. The number of carbonyl (C=O) groups excluding carboxylic acids is 1. The van der Waals surface area contributed by atoms with E-state index in [0.29, 0.717) is 45.4 Å². The zero-order valence-corrected chi connectivity index (χ0v) is 23.9. The van der Waals surface area contributed by atoms with Gasteiger partial charge in [0.05, 0.1) is 39.6 Å². The van der Waals surface area contributed by atoms with Gasteiger partial charge in [0.15, 0.2) is 0 Å². The van der Waals surface area contributed by atoms with Gasteiger partial charge in [0.2, 0.25) is 5.91 Å². The Labute approximate surface area is 239 Å². The molecule has 0 atom stereocenters. The predicted octanol–water partition coefficient (Wildman–Crippen LogP) is 4.49. The van der Waals surface area contributed by atoms with Crippen molar-refractivity contribution in [1.29, 1.82) is 0 Å². The molecule has 0 aromatic heterocycles. The summed E-state index contributed by atoms with van der Waals surface area (Å²) in [6.07, 6.45) is 2.96. The summed E-state index contributed by atoms with van der Waals surface area (Å²) in [6, 6.07) is 13.9. The number of carboxylic acid groups (broad SMARTS) is 1. The Bertz CT molecular complexity index is 1420. The fraction of sp³-hybridized carbons (Fsp3) is 0.290. The van der Waals surface area contributed by atoms with Crippen molar-refractivity contribution in [2.45, 2.75) is 0 Å². The van der Waals surface area contributed by atoms with Crippen LogP contribution in [0.2, 0.25) is 0 Å². The van der Waals surface area contributed by atoms with Crippen LogP contribution in [0.15, 0.2) is 54.6 Å². The van der Waals surface area contributed by atoms with Crippen molar-refractivity contribution < 1.29 is 33.6 Å². The second kappa shape index (κ2) is 13.1. The number of likely N-dealkylation sites (N-methyl/N-ethyl adjacent to an activating group) is 1. The monoisotopic (exact) mass is 561 g/mol. The summed E-state index contributed by atoms with van der Waals surface area (Å²) in [5.74, 6) is 0.571. The van der Waals surface area contributed by atoms with E-state index in [-0.39, 0.29) is 5.56 Å². The molecule has 0 unspecified atom stereocenters. The summed E-state index contributed by atoms with van der Waals surface area (Å²) in [7, 11) is 8.20. The van der Waals surface area contributed by atoms with Crippen LogP contribution in [0.1, 0.15) is 15.9 Å². The lowest BCUT2D eigenvalue weighted by molar-refractivity contribution is -0.111. The molecular formula is C31H35N3O7. The van der Waals surface area contributed by atoms with Crippen molar-refractivity contribution >= 4 is 29.3 Å². The average molecular weight is 562 g/mol. The summed E-state index contributed by atoms with van der Waals surface area (Å²) in [6.45, 7) is 3.52. The van der Waals surface area contributed by atoms with Gasteiger partial charge in [0.25, 0.3) is 0 Å². The Kier molecular flexibility index (Phi) is 9.36. The molecule has 3 aromatic carbocycles. The van der Waals surface area contributed by atoms with Crippen LogP contribution >= 0.6 is 0 Å². The Balaban J connectivity index is 1.65. The Hall–Kier alpha value is -4.70. The molecule has 2 N–H and O–H groups in total. The zero-order chi connectivity index (χ0) is 29.5. The maximum absolute atomic E-state index is 12.9. The van der Waals surface area contributed by atoms with Crippen LogP contribution in [0.5, 0.6) is 23.0 Å². The topological polar surface area (TPSA) is 110 Å². The summed E-state index contributed by atoms with van der Waals surface area (Å²) < 4.78 is 21.8. The third-order valence-electron chi connectivity index (χ3n) is 7.01. The second-order valence-electron chi connectivity index (χ2n) is 9.51. The van der Waals surface area contributed by atoms with Crippen LogP contribution < -0.4 is 29.2 Å². The zero-order valence-electron chi connectivity index (χ0n) is 23.9. The molecule has 1 saturated heterocycles. The highest BCUT2D eigenvalue weighted by molar-refractivity contribution is 6.03. The summed E-state index contributed by atoms with van der Waals surface area (Å²) in [5, 5.41) is 12.8. The number of aromatic carboxylic acids is 1. The van der Waals surface area contributed by atoms with Gasteiger partial charge in [-0.3, -0.25) is 4.79 Å². The molecule has 0 spiro atoms. The number of hydrogen-bond donors (Lipinski definition) is 2. The molecule has 41 heavy (non-hydrogen) atoms. The third kappa shape index (κ3) is 6.72. The lowest BCUT2D eigenvalue weighted by Gasteiger charge is -2.34. The number of amides is 1. The Morgan fingerprint density at radius 1 is 0.805 bits per heavy atom. The predicted molar refractivity (Wildman–Crippen MR) is 159 cm³/mol. The molecule has 10 heteroatoms. The smallest absolute Gasteiger partial charge is 0.336 e. The number of nitrogens with one attached hydrogen (secondary N) is 1. The first-order valence-corrected chi connectivity index (χ1v) is 13.1. The number of hydrogen-bond acceptors (Lipinski definition) is 8. The molecule has 1 aliphatic rings. The number of nitrogens with zero attached hydrogens (tertiary/aromatic N) is 2. The van der Waals surface area contributed by atoms with Crippen molar-refractivity contribution in [2.24, 2.45) is 0 Å². The maximum Gasteiger partial charge on any atom is 0.336 e. The number of piperazine rings is 1. The molecule has 1 fully saturated rings. The van der Waals surface area contributed by atoms with E-state index < -0.39 is 11.9 Å². The van der Waals surface area contributed by atoms with Gasteiger partial charge in [0, 0.05) is 66.9 Å². The first kappa shape index (κ1) is 29.3. The molecule has 0 aliphatic carbocycles. The van der Waals surface area contributed by atoms with Crippen LogP contribution in [-0.4, -0.2) is 83.5 Å². The first-order chi connectivity index (χ1) is 19.8. The highest BCUT2D eigenvalue weighted by Crippen LogP contribution is 2.38. The highest BCUT2D eigenvalue weighted by Gasteiger charge is 2.21. The molecule has 4 rings (SSSR count). The fourth-order valence-corrected chi connectivity index (χ4v) is 4.74. The van der Waals surface area contributed by atoms with Crippen molar-refractivity contribution in [3.8, 4) is 34.1 Å². The number of carbonyl (C=O) groups is 2. The number of ether oxygens (including phenoxy) is 4. The third-order valence-corrected chi connectivity index (χ3v) is 7.01. The fourth-order valence-electron chi connectivity index (χ4n) is 4.74. The molecule has 0 bridgehead atoms. The van der Waals surface area contributed by atoms with E-state index in [2.05, 4.69) is 22.2 Å². The van der Waals surface area contributed by atoms with E-state index in [1.807, 2.05) is 12.1 Å². The van der Waals surface area contributed by atoms with E-state index in [0.717, 1.165) is 31.9 Å². The van der Waals surface area contributed by atoms with E-state index >= 15 is 0 Å². The quantitative estimate of drug-likeness (QED) is 0.346. The van der Waals surface area contributed by atoms with Crippen molar-refractivity contribution in [1.82, 2.24) is 4.90 Å².